The number of imidazole rings is 1. The Kier molecular flexibility index (Phi) is 3.36. The second-order valence-electron chi connectivity index (χ2n) is 7.86. The van der Waals surface area contributed by atoms with Gasteiger partial charge in [-0.25, -0.2) is 4.98 Å². The van der Waals surface area contributed by atoms with Crippen LogP contribution in [-0.4, -0.2) is 21.1 Å². The van der Waals surface area contributed by atoms with Crippen molar-refractivity contribution in [1.29, 1.82) is 0 Å². The number of anilines is 1. The SMILES string of the molecule is Clc1ccc2c(c1)nc(CN1CC3(CC3)c3ccncc31)n2-c1ccccc1. The van der Waals surface area contributed by atoms with Crippen LogP contribution in [0.1, 0.15) is 24.2 Å². The largest absolute Gasteiger partial charge is 0.362 e. The molecule has 0 bridgehead atoms. The molecule has 1 saturated carbocycles. The van der Waals surface area contributed by atoms with E-state index in [2.05, 4.69) is 50.8 Å². The summed E-state index contributed by atoms with van der Waals surface area (Å²) in [6.07, 6.45) is 6.47. The molecule has 5 heteroatoms. The topological polar surface area (TPSA) is 34.0 Å². The molecule has 0 N–H and O–H groups in total. The molecule has 1 aliphatic heterocycles. The van der Waals surface area contributed by atoms with E-state index in [4.69, 9.17) is 16.6 Å². The molecule has 0 unspecified atom stereocenters. The van der Waals surface area contributed by atoms with Crippen molar-refractivity contribution in [2.24, 2.45) is 0 Å². The lowest BCUT2D eigenvalue weighted by Gasteiger charge is -2.20. The van der Waals surface area contributed by atoms with Gasteiger partial charge in [-0.3, -0.25) is 9.55 Å². The second-order valence-corrected chi connectivity index (χ2v) is 8.30. The molecule has 6 rings (SSSR count). The van der Waals surface area contributed by atoms with Gasteiger partial charge in [0.15, 0.2) is 0 Å². The van der Waals surface area contributed by atoms with Crippen LogP contribution in [0.25, 0.3) is 16.7 Å². The zero-order valence-electron chi connectivity index (χ0n) is 15.3. The highest BCUT2D eigenvalue weighted by atomic mass is 35.5. The van der Waals surface area contributed by atoms with E-state index in [9.17, 15) is 0 Å². The molecule has 3 heterocycles. The summed E-state index contributed by atoms with van der Waals surface area (Å²) in [7, 11) is 0. The number of halogens is 1. The molecular weight excluding hydrogens is 368 g/mol. The van der Waals surface area contributed by atoms with E-state index in [-0.39, 0.29) is 0 Å². The van der Waals surface area contributed by atoms with E-state index < -0.39 is 0 Å². The lowest BCUT2D eigenvalue weighted by molar-refractivity contribution is 0.679. The van der Waals surface area contributed by atoms with Crippen molar-refractivity contribution >= 4 is 28.3 Å². The molecule has 1 aliphatic carbocycles. The number of para-hydroxylation sites is 1. The van der Waals surface area contributed by atoms with Crippen LogP contribution in [0.15, 0.2) is 67.0 Å². The summed E-state index contributed by atoms with van der Waals surface area (Å²) in [5.74, 6) is 1.02. The van der Waals surface area contributed by atoms with Gasteiger partial charge in [-0.05, 0) is 54.8 Å². The molecule has 1 fully saturated rings. The summed E-state index contributed by atoms with van der Waals surface area (Å²) >= 11 is 6.24. The van der Waals surface area contributed by atoms with Crippen LogP contribution in [0.4, 0.5) is 5.69 Å². The predicted octanol–water partition coefficient (Wildman–Crippen LogP) is 5.13. The van der Waals surface area contributed by atoms with Crippen molar-refractivity contribution in [1.82, 2.24) is 14.5 Å². The first-order valence-electron chi connectivity index (χ1n) is 9.65. The van der Waals surface area contributed by atoms with Crippen molar-refractivity contribution in [2.75, 3.05) is 11.4 Å². The Morgan fingerprint density at radius 3 is 2.71 bits per heavy atom. The highest BCUT2D eigenvalue weighted by Gasteiger charge is 2.51. The number of benzene rings is 2. The van der Waals surface area contributed by atoms with Gasteiger partial charge in [-0.1, -0.05) is 29.8 Å². The molecule has 0 saturated heterocycles. The second kappa shape index (κ2) is 5.82. The number of pyridine rings is 1. The van der Waals surface area contributed by atoms with E-state index in [1.54, 1.807) is 0 Å². The maximum Gasteiger partial charge on any atom is 0.134 e. The van der Waals surface area contributed by atoms with Gasteiger partial charge >= 0.3 is 0 Å². The minimum absolute atomic E-state index is 0.338. The van der Waals surface area contributed by atoms with Crippen LogP contribution in [-0.2, 0) is 12.0 Å². The molecule has 0 amide bonds. The normalized spacial score (nSPS) is 16.7. The number of fused-ring (bicyclic) bond motifs is 3. The molecule has 4 nitrogen and oxygen atoms in total. The van der Waals surface area contributed by atoms with Gasteiger partial charge in [0.1, 0.15) is 5.82 Å². The van der Waals surface area contributed by atoms with E-state index in [1.807, 2.05) is 30.6 Å². The fraction of sp³-hybridized carbons (Fsp3) is 0.217. The Labute approximate surface area is 168 Å². The lowest BCUT2D eigenvalue weighted by Crippen LogP contribution is -2.25. The first kappa shape index (κ1) is 16.1. The predicted molar refractivity (Wildman–Crippen MR) is 112 cm³/mol. The van der Waals surface area contributed by atoms with Crippen molar-refractivity contribution in [2.45, 2.75) is 24.8 Å². The van der Waals surface area contributed by atoms with Crippen LogP contribution in [0.2, 0.25) is 5.02 Å². The average molecular weight is 387 g/mol. The maximum absolute atomic E-state index is 6.24. The fourth-order valence-corrected chi connectivity index (χ4v) is 4.75. The molecule has 4 aromatic rings. The highest BCUT2D eigenvalue weighted by Crippen LogP contribution is 2.56. The van der Waals surface area contributed by atoms with Gasteiger partial charge in [0.05, 0.1) is 29.5 Å². The zero-order valence-corrected chi connectivity index (χ0v) is 16.1. The molecule has 2 aromatic heterocycles. The van der Waals surface area contributed by atoms with Gasteiger partial charge in [0.25, 0.3) is 0 Å². The average Bonchev–Trinajstić information content (AvgIpc) is 3.32. The van der Waals surface area contributed by atoms with Crippen LogP contribution < -0.4 is 4.90 Å². The number of nitrogens with zero attached hydrogens (tertiary/aromatic N) is 4. The van der Waals surface area contributed by atoms with Crippen LogP contribution >= 0.6 is 11.6 Å². The number of hydrogen-bond acceptors (Lipinski definition) is 3. The van der Waals surface area contributed by atoms with E-state index in [0.717, 1.165) is 35.6 Å². The third-order valence-corrected chi connectivity index (χ3v) is 6.33. The van der Waals surface area contributed by atoms with E-state index in [1.165, 1.54) is 24.1 Å². The maximum atomic E-state index is 6.24. The molecule has 0 atom stereocenters. The Hall–Kier alpha value is -2.85. The number of rotatable bonds is 3. The standard InChI is InChI=1S/C23H19ClN4/c24-16-6-7-20-19(12-16)26-22(28(20)17-4-2-1-3-5-17)14-27-15-23(9-10-23)18-8-11-25-13-21(18)27/h1-8,11-13H,9-10,14-15H2. The fourth-order valence-electron chi connectivity index (χ4n) is 4.59. The molecule has 1 spiro atoms. The Balaban J connectivity index is 1.48. The van der Waals surface area contributed by atoms with Crippen LogP contribution in [0, 0.1) is 0 Å². The van der Waals surface area contributed by atoms with Crippen LogP contribution in [0.5, 0.6) is 0 Å². The third-order valence-electron chi connectivity index (χ3n) is 6.09. The highest BCUT2D eigenvalue weighted by molar-refractivity contribution is 6.31. The molecule has 28 heavy (non-hydrogen) atoms. The van der Waals surface area contributed by atoms with Gasteiger partial charge < -0.3 is 4.90 Å². The number of aromatic nitrogens is 3. The van der Waals surface area contributed by atoms with Crippen LogP contribution in [0.3, 0.4) is 0 Å². The summed E-state index contributed by atoms with van der Waals surface area (Å²) in [6.45, 7) is 1.80. The zero-order chi connectivity index (χ0) is 18.7. The molecule has 2 aliphatic rings. The molecule has 0 radical (unpaired) electrons. The van der Waals surface area contributed by atoms with Gasteiger partial charge in [-0.15, -0.1) is 0 Å². The first-order valence-corrected chi connectivity index (χ1v) is 10.0. The minimum atomic E-state index is 0.338. The summed E-state index contributed by atoms with van der Waals surface area (Å²) in [5.41, 5.74) is 6.17. The summed E-state index contributed by atoms with van der Waals surface area (Å²) in [5, 5.41) is 0.712. The Morgan fingerprint density at radius 1 is 1.04 bits per heavy atom. The molecular formula is C23H19ClN4. The smallest absolute Gasteiger partial charge is 0.134 e. The van der Waals surface area contributed by atoms with Crippen molar-refractivity contribution in [3.63, 3.8) is 0 Å². The quantitative estimate of drug-likeness (QED) is 0.489. The Morgan fingerprint density at radius 2 is 1.89 bits per heavy atom. The van der Waals surface area contributed by atoms with E-state index >= 15 is 0 Å². The van der Waals surface area contributed by atoms with Gasteiger partial charge in [0, 0.05) is 28.9 Å². The number of hydrogen-bond donors (Lipinski definition) is 0. The molecule has 138 valence electrons. The summed E-state index contributed by atoms with van der Waals surface area (Å²) < 4.78 is 2.25. The monoisotopic (exact) mass is 386 g/mol. The summed E-state index contributed by atoms with van der Waals surface area (Å²) in [6, 6.07) is 18.6. The van der Waals surface area contributed by atoms with E-state index in [0.29, 0.717) is 10.4 Å². The lowest BCUT2D eigenvalue weighted by atomic mass is 10.0. The van der Waals surface area contributed by atoms with Gasteiger partial charge in [0.2, 0.25) is 0 Å². The van der Waals surface area contributed by atoms with Crippen molar-refractivity contribution < 1.29 is 0 Å². The first-order chi connectivity index (χ1) is 13.7. The molecule has 2 aromatic carbocycles. The van der Waals surface area contributed by atoms with Crippen molar-refractivity contribution in [3.8, 4) is 5.69 Å². The summed E-state index contributed by atoms with van der Waals surface area (Å²) in [4.78, 5) is 11.8. The third kappa shape index (κ3) is 2.38. The van der Waals surface area contributed by atoms with Gasteiger partial charge in [-0.2, -0.15) is 0 Å². The Bertz CT molecular complexity index is 1190. The minimum Gasteiger partial charge on any atom is -0.362 e. The van der Waals surface area contributed by atoms with Crippen molar-refractivity contribution in [3.05, 3.63) is 83.4 Å².